The molecule has 0 heterocycles. The number of sulfone groups is 1. The summed E-state index contributed by atoms with van der Waals surface area (Å²) in [7, 11) is -3.13. The Hall–Kier alpha value is -0.870. The van der Waals surface area contributed by atoms with Gasteiger partial charge in [-0.3, -0.25) is 0 Å². The predicted octanol–water partition coefficient (Wildman–Crippen LogP) is 1.33. The van der Waals surface area contributed by atoms with Gasteiger partial charge in [0.15, 0.2) is 9.84 Å². The first kappa shape index (κ1) is 11.2. The zero-order valence-corrected chi connectivity index (χ0v) is 9.05. The molecule has 0 bridgehead atoms. The Kier molecular flexibility index (Phi) is 3.66. The summed E-state index contributed by atoms with van der Waals surface area (Å²) < 4.78 is 23.5. The van der Waals surface area contributed by atoms with Gasteiger partial charge in [0.1, 0.15) is 0 Å². The fraction of sp³-hybridized carbons (Fsp3) is 0.400. The molecule has 4 heteroatoms. The molecule has 0 saturated heterocycles. The summed E-state index contributed by atoms with van der Waals surface area (Å²) in [4.78, 5) is 0.379. The first-order chi connectivity index (χ1) is 6.61. The predicted molar refractivity (Wildman–Crippen MR) is 56.7 cm³/mol. The molecule has 0 amide bonds. The Labute approximate surface area is 84.9 Å². The lowest BCUT2D eigenvalue weighted by Gasteiger charge is -2.07. The van der Waals surface area contributed by atoms with Crippen molar-refractivity contribution in [1.82, 2.24) is 0 Å². The van der Waals surface area contributed by atoms with E-state index in [2.05, 4.69) is 0 Å². The minimum absolute atomic E-state index is 0.185. The zero-order chi connectivity index (χ0) is 10.6. The average Bonchev–Trinajstić information content (AvgIpc) is 2.18. The van der Waals surface area contributed by atoms with Crippen molar-refractivity contribution in [3.05, 3.63) is 29.8 Å². The Morgan fingerprint density at radius 3 is 2.50 bits per heavy atom. The molecule has 78 valence electrons. The molecule has 0 saturated carbocycles. The summed E-state index contributed by atoms with van der Waals surface area (Å²) in [5.41, 5.74) is 6.17. The molecule has 0 atom stereocenters. The maximum Gasteiger partial charge on any atom is 0.178 e. The quantitative estimate of drug-likeness (QED) is 0.820. The van der Waals surface area contributed by atoms with Crippen molar-refractivity contribution in [2.75, 3.05) is 5.75 Å². The van der Waals surface area contributed by atoms with Gasteiger partial charge in [-0.15, -0.1) is 0 Å². The van der Waals surface area contributed by atoms with E-state index in [0.29, 0.717) is 16.9 Å². The first-order valence-corrected chi connectivity index (χ1v) is 6.27. The van der Waals surface area contributed by atoms with Crippen LogP contribution in [0, 0.1) is 0 Å². The molecular weight excluding hydrogens is 198 g/mol. The minimum atomic E-state index is -3.13. The minimum Gasteiger partial charge on any atom is -0.326 e. The lowest BCUT2D eigenvalue weighted by atomic mass is 10.2. The van der Waals surface area contributed by atoms with Crippen LogP contribution in [-0.4, -0.2) is 14.2 Å². The largest absolute Gasteiger partial charge is 0.326 e. The molecule has 0 unspecified atom stereocenters. The summed E-state index contributed by atoms with van der Waals surface area (Å²) in [6, 6.07) is 6.89. The van der Waals surface area contributed by atoms with Gasteiger partial charge in [0.05, 0.1) is 10.6 Å². The van der Waals surface area contributed by atoms with Crippen molar-refractivity contribution in [2.45, 2.75) is 24.8 Å². The fourth-order valence-electron chi connectivity index (χ4n) is 1.35. The van der Waals surface area contributed by atoms with E-state index in [9.17, 15) is 8.42 Å². The highest BCUT2D eigenvalue weighted by atomic mass is 32.2. The smallest absolute Gasteiger partial charge is 0.178 e. The van der Waals surface area contributed by atoms with Crippen LogP contribution in [0.15, 0.2) is 29.2 Å². The molecule has 0 spiro atoms. The summed E-state index contributed by atoms with van der Waals surface area (Å²) in [5.74, 6) is 0.185. The Balaban J connectivity index is 3.18. The standard InChI is InChI=1S/C10H15NO2S/c1-2-7-14(12,13)10-6-4-3-5-9(10)8-11/h3-6H,2,7-8,11H2,1H3. The number of hydrogen-bond donors (Lipinski definition) is 1. The van der Waals surface area contributed by atoms with Crippen molar-refractivity contribution >= 4 is 9.84 Å². The van der Waals surface area contributed by atoms with Crippen LogP contribution in [0.25, 0.3) is 0 Å². The van der Waals surface area contributed by atoms with E-state index in [4.69, 9.17) is 5.73 Å². The second-order valence-electron chi connectivity index (χ2n) is 3.13. The molecule has 1 rings (SSSR count). The molecule has 0 aliphatic heterocycles. The number of nitrogens with two attached hydrogens (primary N) is 1. The van der Waals surface area contributed by atoms with Crippen LogP contribution in [0.3, 0.4) is 0 Å². The monoisotopic (exact) mass is 213 g/mol. The van der Waals surface area contributed by atoms with Gasteiger partial charge < -0.3 is 5.73 Å². The Morgan fingerprint density at radius 1 is 1.29 bits per heavy atom. The SMILES string of the molecule is CCCS(=O)(=O)c1ccccc1CN. The van der Waals surface area contributed by atoms with Crippen molar-refractivity contribution in [3.63, 3.8) is 0 Å². The molecule has 2 N–H and O–H groups in total. The van der Waals surface area contributed by atoms with Gasteiger partial charge in [0.25, 0.3) is 0 Å². The van der Waals surface area contributed by atoms with Crippen LogP contribution in [0.2, 0.25) is 0 Å². The van der Waals surface area contributed by atoms with Crippen molar-refractivity contribution in [3.8, 4) is 0 Å². The van der Waals surface area contributed by atoms with Gasteiger partial charge >= 0.3 is 0 Å². The Morgan fingerprint density at radius 2 is 1.93 bits per heavy atom. The second-order valence-corrected chi connectivity index (χ2v) is 5.21. The number of rotatable bonds is 4. The zero-order valence-electron chi connectivity index (χ0n) is 8.23. The van der Waals surface area contributed by atoms with Crippen LogP contribution >= 0.6 is 0 Å². The van der Waals surface area contributed by atoms with Crippen LogP contribution in [0.4, 0.5) is 0 Å². The third-order valence-corrected chi connectivity index (χ3v) is 4.01. The third-order valence-electron chi connectivity index (χ3n) is 2.00. The molecular formula is C10H15NO2S. The van der Waals surface area contributed by atoms with Gasteiger partial charge in [-0.25, -0.2) is 8.42 Å². The molecule has 0 aliphatic rings. The van der Waals surface area contributed by atoms with Crippen molar-refractivity contribution < 1.29 is 8.42 Å². The summed E-state index contributed by atoms with van der Waals surface area (Å²) in [5, 5.41) is 0. The Bertz CT molecular complexity index is 398. The summed E-state index contributed by atoms with van der Waals surface area (Å²) in [6.07, 6.45) is 0.626. The fourth-order valence-corrected chi connectivity index (χ4v) is 2.95. The van der Waals surface area contributed by atoms with E-state index in [1.165, 1.54) is 0 Å². The van der Waals surface area contributed by atoms with E-state index in [1.807, 2.05) is 6.92 Å². The first-order valence-electron chi connectivity index (χ1n) is 4.62. The molecule has 0 aliphatic carbocycles. The normalized spacial score (nSPS) is 11.6. The molecule has 14 heavy (non-hydrogen) atoms. The highest BCUT2D eigenvalue weighted by Crippen LogP contribution is 2.16. The molecule has 0 aromatic heterocycles. The van der Waals surface area contributed by atoms with Crippen LogP contribution in [0.1, 0.15) is 18.9 Å². The highest BCUT2D eigenvalue weighted by Gasteiger charge is 2.15. The summed E-state index contributed by atoms with van der Waals surface area (Å²) in [6.45, 7) is 2.11. The van der Waals surface area contributed by atoms with Gasteiger partial charge in [-0.2, -0.15) is 0 Å². The van der Waals surface area contributed by atoms with Crippen LogP contribution in [0.5, 0.6) is 0 Å². The second kappa shape index (κ2) is 4.57. The van der Waals surface area contributed by atoms with Gasteiger partial charge in [-0.05, 0) is 18.1 Å². The van der Waals surface area contributed by atoms with E-state index in [1.54, 1.807) is 24.3 Å². The number of hydrogen-bond acceptors (Lipinski definition) is 3. The maximum absolute atomic E-state index is 11.8. The lowest BCUT2D eigenvalue weighted by Crippen LogP contribution is -2.10. The maximum atomic E-state index is 11.8. The van der Waals surface area contributed by atoms with Crippen molar-refractivity contribution in [1.29, 1.82) is 0 Å². The van der Waals surface area contributed by atoms with Crippen molar-refractivity contribution in [2.24, 2.45) is 5.73 Å². The topological polar surface area (TPSA) is 60.2 Å². The molecule has 1 aromatic carbocycles. The summed E-state index contributed by atoms with van der Waals surface area (Å²) >= 11 is 0. The molecule has 0 fully saturated rings. The van der Waals surface area contributed by atoms with E-state index >= 15 is 0 Å². The average molecular weight is 213 g/mol. The van der Waals surface area contributed by atoms with Gasteiger partial charge in [0.2, 0.25) is 0 Å². The number of benzene rings is 1. The van der Waals surface area contributed by atoms with E-state index < -0.39 is 9.84 Å². The lowest BCUT2D eigenvalue weighted by molar-refractivity contribution is 0.593. The van der Waals surface area contributed by atoms with Crippen LogP contribution in [-0.2, 0) is 16.4 Å². The molecule has 3 nitrogen and oxygen atoms in total. The van der Waals surface area contributed by atoms with Crippen LogP contribution < -0.4 is 5.73 Å². The molecule has 1 aromatic rings. The van der Waals surface area contributed by atoms with E-state index in [-0.39, 0.29) is 12.3 Å². The third kappa shape index (κ3) is 2.33. The van der Waals surface area contributed by atoms with E-state index in [0.717, 1.165) is 0 Å². The van der Waals surface area contributed by atoms with Gasteiger partial charge in [0, 0.05) is 6.54 Å². The molecule has 0 radical (unpaired) electrons. The highest BCUT2D eigenvalue weighted by molar-refractivity contribution is 7.91. The van der Waals surface area contributed by atoms with Gasteiger partial charge in [-0.1, -0.05) is 25.1 Å².